The minimum Gasteiger partial charge on any atom is -0.329 e. The molecule has 1 aliphatic carbocycles. The van der Waals surface area contributed by atoms with Gasteiger partial charge in [0.2, 0.25) is 0 Å². The van der Waals surface area contributed by atoms with Crippen molar-refractivity contribution in [1.29, 1.82) is 0 Å². The molecule has 2 N–H and O–H groups in total. The second-order valence-corrected chi connectivity index (χ2v) is 7.05. The highest BCUT2D eigenvalue weighted by Crippen LogP contribution is 2.32. The fourth-order valence-electron chi connectivity index (χ4n) is 4.24. The molecular formula is C16H33N3. The molecule has 2 fully saturated rings. The maximum absolute atomic E-state index is 6.10. The second-order valence-electron chi connectivity index (χ2n) is 7.05. The van der Waals surface area contributed by atoms with E-state index >= 15 is 0 Å². The molecule has 112 valence electrons. The van der Waals surface area contributed by atoms with Crippen LogP contribution in [0.5, 0.6) is 0 Å². The lowest BCUT2D eigenvalue weighted by atomic mass is 9.78. The number of hydrogen-bond acceptors (Lipinski definition) is 3. The van der Waals surface area contributed by atoms with Gasteiger partial charge < -0.3 is 15.5 Å². The smallest absolute Gasteiger partial charge is 0.0244 e. The van der Waals surface area contributed by atoms with Crippen molar-refractivity contribution < 1.29 is 0 Å². The van der Waals surface area contributed by atoms with E-state index < -0.39 is 0 Å². The van der Waals surface area contributed by atoms with Crippen LogP contribution in [0.25, 0.3) is 0 Å². The van der Waals surface area contributed by atoms with Gasteiger partial charge in [-0.25, -0.2) is 0 Å². The van der Waals surface area contributed by atoms with Crippen LogP contribution in [-0.2, 0) is 0 Å². The Morgan fingerprint density at radius 3 is 2.63 bits per heavy atom. The molecule has 0 aromatic carbocycles. The van der Waals surface area contributed by atoms with Gasteiger partial charge in [0.1, 0.15) is 0 Å². The lowest BCUT2D eigenvalue weighted by Gasteiger charge is -2.39. The van der Waals surface area contributed by atoms with E-state index in [-0.39, 0.29) is 0 Å². The van der Waals surface area contributed by atoms with Crippen LogP contribution in [0.1, 0.15) is 45.4 Å². The maximum Gasteiger partial charge on any atom is 0.0244 e. The van der Waals surface area contributed by atoms with E-state index in [0.717, 1.165) is 24.4 Å². The summed E-state index contributed by atoms with van der Waals surface area (Å²) >= 11 is 0. The fraction of sp³-hybridized carbons (Fsp3) is 1.00. The first-order valence-electron chi connectivity index (χ1n) is 8.22. The second kappa shape index (κ2) is 7.05. The Kier molecular flexibility index (Phi) is 5.67. The Bertz CT molecular complexity index is 269. The van der Waals surface area contributed by atoms with Crippen molar-refractivity contribution in [1.82, 2.24) is 9.80 Å². The molecule has 0 amide bonds. The number of likely N-dealkylation sites (tertiary alicyclic amines) is 1. The van der Waals surface area contributed by atoms with Crippen molar-refractivity contribution in [2.75, 3.05) is 33.7 Å². The third kappa shape index (κ3) is 3.93. The number of nitrogens with zero attached hydrogens (tertiary/aromatic N) is 2. The zero-order valence-electron chi connectivity index (χ0n) is 13.1. The van der Waals surface area contributed by atoms with Gasteiger partial charge >= 0.3 is 0 Å². The summed E-state index contributed by atoms with van der Waals surface area (Å²) < 4.78 is 0. The summed E-state index contributed by atoms with van der Waals surface area (Å²) in [5.74, 6) is 1.72. The lowest BCUT2D eigenvalue weighted by Crippen LogP contribution is -2.49. The van der Waals surface area contributed by atoms with Gasteiger partial charge in [0, 0.05) is 25.2 Å². The van der Waals surface area contributed by atoms with Crippen LogP contribution in [0.3, 0.4) is 0 Å². The van der Waals surface area contributed by atoms with E-state index in [1.807, 2.05) is 0 Å². The van der Waals surface area contributed by atoms with E-state index in [1.165, 1.54) is 51.6 Å². The van der Waals surface area contributed by atoms with Crippen LogP contribution in [0, 0.1) is 11.8 Å². The summed E-state index contributed by atoms with van der Waals surface area (Å²) in [7, 11) is 4.56. The quantitative estimate of drug-likeness (QED) is 0.828. The van der Waals surface area contributed by atoms with Crippen molar-refractivity contribution >= 4 is 0 Å². The van der Waals surface area contributed by atoms with Crippen LogP contribution < -0.4 is 5.73 Å². The van der Waals surface area contributed by atoms with Gasteiger partial charge in [-0.3, -0.25) is 0 Å². The minimum atomic E-state index is 0.594. The van der Waals surface area contributed by atoms with Crippen molar-refractivity contribution in [3.8, 4) is 0 Å². The van der Waals surface area contributed by atoms with E-state index in [4.69, 9.17) is 5.73 Å². The van der Waals surface area contributed by atoms with E-state index in [0.29, 0.717) is 6.04 Å². The highest BCUT2D eigenvalue weighted by molar-refractivity contribution is 4.86. The molecule has 4 unspecified atom stereocenters. The minimum absolute atomic E-state index is 0.594. The van der Waals surface area contributed by atoms with Gasteiger partial charge in [-0.15, -0.1) is 0 Å². The average Bonchev–Trinajstić information content (AvgIpc) is 2.76. The summed E-state index contributed by atoms with van der Waals surface area (Å²) in [5, 5.41) is 0. The molecule has 0 spiro atoms. The van der Waals surface area contributed by atoms with Crippen molar-refractivity contribution in [2.45, 2.75) is 57.5 Å². The van der Waals surface area contributed by atoms with E-state index in [2.05, 4.69) is 30.8 Å². The summed E-state index contributed by atoms with van der Waals surface area (Å²) in [6, 6.07) is 1.34. The molecule has 1 aliphatic heterocycles. The standard InChI is InChI=1S/C16H33N3/c1-13-6-4-7-14(10-13)16(11-17)19(3)12-15-8-5-9-18(15)2/h13-16H,4-12,17H2,1-3H3. The summed E-state index contributed by atoms with van der Waals surface area (Å²) in [5.41, 5.74) is 6.10. The van der Waals surface area contributed by atoms with Crippen LogP contribution in [0.15, 0.2) is 0 Å². The van der Waals surface area contributed by atoms with Crippen LogP contribution in [0.4, 0.5) is 0 Å². The highest BCUT2D eigenvalue weighted by Gasteiger charge is 2.31. The van der Waals surface area contributed by atoms with Gasteiger partial charge in [-0.1, -0.05) is 19.8 Å². The average molecular weight is 267 g/mol. The summed E-state index contributed by atoms with van der Waals surface area (Å²) in [6.07, 6.45) is 8.31. The number of nitrogens with two attached hydrogens (primary N) is 1. The molecular weight excluding hydrogens is 234 g/mol. The molecule has 0 radical (unpaired) electrons. The van der Waals surface area contributed by atoms with Gasteiger partial charge in [-0.2, -0.15) is 0 Å². The van der Waals surface area contributed by atoms with Crippen molar-refractivity contribution in [3.05, 3.63) is 0 Å². The molecule has 1 saturated carbocycles. The molecule has 4 atom stereocenters. The molecule has 0 aromatic heterocycles. The van der Waals surface area contributed by atoms with Crippen LogP contribution in [0.2, 0.25) is 0 Å². The first-order valence-corrected chi connectivity index (χ1v) is 8.22. The molecule has 2 rings (SSSR count). The topological polar surface area (TPSA) is 32.5 Å². The van der Waals surface area contributed by atoms with E-state index in [1.54, 1.807) is 0 Å². The highest BCUT2D eigenvalue weighted by atomic mass is 15.2. The third-order valence-corrected chi connectivity index (χ3v) is 5.50. The number of hydrogen-bond donors (Lipinski definition) is 1. The fourth-order valence-corrected chi connectivity index (χ4v) is 4.24. The molecule has 19 heavy (non-hydrogen) atoms. The first-order chi connectivity index (χ1) is 9.11. The van der Waals surface area contributed by atoms with Crippen LogP contribution >= 0.6 is 0 Å². The molecule has 0 aromatic rings. The maximum atomic E-state index is 6.10. The largest absolute Gasteiger partial charge is 0.329 e. The zero-order valence-corrected chi connectivity index (χ0v) is 13.1. The van der Waals surface area contributed by atoms with Crippen LogP contribution in [-0.4, -0.2) is 55.6 Å². The Hall–Kier alpha value is -0.120. The third-order valence-electron chi connectivity index (χ3n) is 5.50. The molecule has 3 nitrogen and oxygen atoms in total. The van der Waals surface area contributed by atoms with Gasteiger partial charge in [0.15, 0.2) is 0 Å². The lowest BCUT2D eigenvalue weighted by molar-refractivity contribution is 0.108. The normalized spacial score (nSPS) is 34.9. The number of likely N-dealkylation sites (N-methyl/N-ethyl adjacent to an activating group) is 2. The first kappa shape index (κ1) is 15.3. The SMILES string of the molecule is CC1CCCC(C(CN)N(C)CC2CCCN2C)C1. The molecule has 1 heterocycles. The molecule has 0 bridgehead atoms. The zero-order chi connectivity index (χ0) is 13.8. The Morgan fingerprint density at radius 2 is 2.05 bits per heavy atom. The van der Waals surface area contributed by atoms with Crippen molar-refractivity contribution in [2.24, 2.45) is 17.6 Å². The van der Waals surface area contributed by atoms with Gasteiger partial charge in [0.05, 0.1) is 0 Å². The Morgan fingerprint density at radius 1 is 1.26 bits per heavy atom. The predicted octanol–water partition coefficient (Wildman–Crippen LogP) is 2.17. The monoisotopic (exact) mass is 267 g/mol. The Balaban J connectivity index is 1.88. The number of rotatable bonds is 5. The predicted molar refractivity (Wildman–Crippen MR) is 82.2 cm³/mol. The van der Waals surface area contributed by atoms with Crippen molar-refractivity contribution in [3.63, 3.8) is 0 Å². The van der Waals surface area contributed by atoms with E-state index in [9.17, 15) is 0 Å². The Labute approximate surface area is 119 Å². The summed E-state index contributed by atoms with van der Waals surface area (Å²) in [4.78, 5) is 5.09. The molecule has 1 saturated heterocycles. The van der Waals surface area contributed by atoms with Gasteiger partial charge in [-0.05, 0) is 58.2 Å². The molecule has 3 heteroatoms. The molecule has 2 aliphatic rings. The summed E-state index contributed by atoms with van der Waals surface area (Å²) in [6.45, 7) is 5.70. The van der Waals surface area contributed by atoms with Gasteiger partial charge in [0.25, 0.3) is 0 Å².